The zero-order valence-corrected chi connectivity index (χ0v) is 18.5. The minimum atomic E-state index is -4.18. The largest absolute Gasteiger partial charge is 0.355 e. The normalized spacial score (nSPS) is 15.3. The van der Waals surface area contributed by atoms with Crippen molar-refractivity contribution < 1.29 is 17.2 Å². The molecule has 1 saturated heterocycles. The fourth-order valence-electron chi connectivity index (χ4n) is 4.27. The van der Waals surface area contributed by atoms with Crippen LogP contribution in [0.2, 0.25) is 0 Å². The van der Waals surface area contributed by atoms with Crippen LogP contribution in [0.5, 0.6) is 0 Å². The molecule has 3 heterocycles. The van der Waals surface area contributed by atoms with Gasteiger partial charge in [0, 0.05) is 26.2 Å². The number of benzene rings is 2. The van der Waals surface area contributed by atoms with Gasteiger partial charge in [0.05, 0.1) is 16.6 Å². The number of para-hydroxylation sites is 2. The van der Waals surface area contributed by atoms with Gasteiger partial charge in [0.2, 0.25) is 10.0 Å². The van der Waals surface area contributed by atoms with Gasteiger partial charge in [-0.25, -0.2) is 22.2 Å². The second-order valence-electron chi connectivity index (χ2n) is 7.90. The van der Waals surface area contributed by atoms with Gasteiger partial charge in [-0.15, -0.1) is 0 Å². The van der Waals surface area contributed by atoms with Gasteiger partial charge in [-0.3, -0.25) is 4.40 Å². The third-order valence-electron chi connectivity index (χ3n) is 5.94. The van der Waals surface area contributed by atoms with E-state index in [9.17, 15) is 22.5 Å². The first-order valence-electron chi connectivity index (χ1n) is 10.3. The van der Waals surface area contributed by atoms with Gasteiger partial charge in [0.25, 0.3) is 0 Å². The molecular formula is C23H19F2N5O2S. The molecule has 0 radical (unpaired) electrons. The van der Waals surface area contributed by atoms with Crippen LogP contribution >= 0.6 is 0 Å². The molecule has 1 fully saturated rings. The molecule has 0 N–H and O–H groups in total. The minimum absolute atomic E-state index is 0.103. The van der Waals surface area contributed by atoms with Crippen LogP contribution in [0.4, 0.5) is 14.6 Å². The standard InChI is InChI=1S/C23H19F2N5O2S/c1-15-12-22(30-20-5-3-2-4-19(20)27-23(30)17(15)14-26)28-8-10-29(11-9-28)33(31,32)21-13-16(24)6-7-18(21)25/h2-7,12-13H,8-11H2,1H3. The van der Waals surface area contributed by atoms with Crippen LogP contribution < -0.4 is 4.90 Å². The highest BCUT2D eigenvalue weighted by Gasteiger charge is 2.32. The number of hydrogen-bond acceptors (Lipinski definition) is 5. The predicted molar refractivity (Wildman–Crippen MR) is 119 cm³/mol. The smallest absolute Gasteiger partial charge is 0.246 e. The van der Waals surface area contributed by atoms with Crippen LogP contribution in [-0.4, -0.2) is 48.3 Å². The van der Waals surface area contributed by atoms with Crippen molar-refractivity contribution >= 4 is 32.5 Å². The molecule has 0 amide bonds. The quantitative estimate of drug-likeness (QED) is 0.461. The van der Waals surface area contributed by atoms with Crippen LogP contribution in [0, 0.1) is 29.9 Å². The fraction of sp³-hybridized carbons (Fsp3) is 0.217. The highest BCUT2D eigenvalue weighted by molar-refractivity contribution is 7.89. The predicted octanol–water partition coefficient (Wildman–Crippen LogP) is 3.46. The lowest BCUT2D eigenvalue weighted by Crippen LogP contribution is -2.49. The van der Waals surface area contributed by atoms with Crippen LogP contribution in [0.3, 0.4) is 0 Å². The molecule has 168 valence electrons. The highest BCUT2D eigenvalue weighted by atomic mass is 32.2. The Balaban J connectivity index is 1.52. The molecule has 0 aliphatic carbocycles. The molecule has 1 aliphatic rings. The lowest BCUT2D eigenvalue weighted by molar-refractivity contribution is 0.380. The molecular weight excluding hydrogens is 448 g/mol. The number of nitriles is 1. The lowest BCUT2D eigenvalue weighted by atomic mass is 10.1. The summed E-state index contributed by atoms with van der Waals surface area (Å²) in [6, 6.07) is 14.1. The summed E-state index contributed by atoms with van der Waals surface area (Å²) in [7, 11) is -4.18. The van der Waals surface area contributed by atoms with Crippen molar-refractivity contribution in [2.24, 2.45) is 0 Å². The Labute approximate surface area is 189 Å². The molecule has 0 spiro atoms. The van der Waals surface area contributed by atoms with Crippen molar-refractivity contribution in [3.8, 4) is 6.07 Å². The van der Waals surface area contributed by atoms with Crippen LogP contribution in [0.25, 0.3) is 16.7 Å². The molecule has 0 unspecified atom stereocenters. The van der Waals surface area contributed by atoms with E-state index in [1.165, 1.54) is 4.31 Å². The van der Waals surface area contributed by atoms with Crippen molar-refractivity contribution in [2.45, 2.75) is 11.8 Å². The third kappa shape index (κ3) is 3.41. The summed E-state index contributed by atoms with van der Waals surface area (Å²) in [5.74, 6) is -0.992. The van der Waals surface area contributed by atoms with Gasteiger partial charge in [0.15, 0.2) is 5.65 Å². The first-order chi connectivity index (χ1) is 15.8. The van der Waals surface area contributed by atoms with Gasteiger partial charge in [-0.2, -0.15) is 9.57 Å². The molecule has 33 heavy (non-hydrogen) atoms. The van der Waals surface area contributed by atoms with E-state index in [-0.39, 0.29) is 13.1 Å². The zero-order valence-electron chi connectivity index (χ0n) is 17.7. The van der Waals surface area contributed by atoms with Gasteiger partial charge >= 0.3 is 0 Å². The summed E-state index contributed by atoms with van der Waals surface area (Å²) in [6.07, 6.45) is 0. The summed E-state index contributed by atoms with van der Waals surface area (Å²) in [6.45, 7) is 2.72. The van der Waals surface area contributed by atoms with E-state index in [1.54, 1.807) is 0 Å². The topological polar surface area (TPSA) is 81.7 Å². The van der Waals surface area contributed by atoms with E-state index < -0.39 is 26.6 Å². The van der Waals surface area contributed by atoms with E-state index >= 15 is 0 Å². The Morgan fingerprint density at radius 3 is 2.48 bits per heavy atom. The number of rotatable bonds is 3. The number of aromatic nitrogens is 2. The maximum atomic E-state index is 14.1. The number of piperazine rings is 1. The molecule has 0 bridgehead atoms. The van der Waals surface area contributed by atoms with Gasteiger partial charge < -0.3 is 4.90 Å². The van der Waals surface area contributed by atoms with Crippen molar-refractivity contribution in [2.75, 3.05) is 31.1 Å². The molecule has 1 aliphatic heterocycles. The van der Waals surface area contributed by atoms with Crippen molar-refractivity contribution in [3.05, 3.63) is 71.3 Å². The highest BCUT2D eigenvalue weighted by Crippen LogP contribution is 2.30. The van der Waals surface area contributed by atoms with Crippen LogP contribution in [-0.2, 0) is 10.0 Å². The second kappa shape index (κ2) is 7.79. The van der Waals surface area contributed by atoms with E-state index in [2.05, 4.69) is 11.1 Å². The summed E-state index contributed by atoms with van der Waals surface area (Å²) < 4.78 is 56.7. The summed E-state index contributed by atoms with van der Waals surface area (Å²) >= 11 is 0. The Morgan fingerprint density at radius 2 is 1.76 bits per heavy atom. The van der Waals surface area contributed by atoms with Crippen LogP contribution in [0.1, 0.15) is 11.1 Å². The van der Waals surface area contributed by atoms with Gasteiger partial charge in [0.1, 0.15) is 28.4 Å². The summed E-state index contributed by atoms with van der Waals surface area (Å²) in [5.41, 5.74) is 3.40. The summed E-state index contributed by atoms with van der Waals surface area (Å²) in [5, 5.41) is 9.67. The second-order valence-corrected chi connectivity index (χ2v) is 9.80. The van der Waals surface area contributed by atoms with E-state index in [1.807, 2.05) is 46.6 Å². The Kier molecular flexibility index (Phi) is 5.03. The number of anilines is 1. The zero-order chi connectivity index (χ0) is 23.3. The van der Waals surface area contributed by atoms with Gasteiger partial charge in [-0.05, 0) is 48.9 Å². The maximum Gasteiger partial charge on any atom is 0.246 e. The average molecular weight is 468 g/mol. The summed E-state index contributed by atoms with van der Waals surface area (Å²) in [4.78, 5) is 6.00. The molecule has 7 nitrogen and oxygen atoms in total. The first-order valence-corrected chi connectivity index (χ1v) is 11.8. The molecule has 0 atom stereocenters. The average Bonchev–Trinajstić information content (AvgIpc) is 3.19. The molecule has 0 saturated carbocycles. The molecule has 2 aromatic heterocycles. The Bertz CT molecular complexity index is 1550. The van der Waals surface area contributed by atoms with E-state index in [4.69, 9.17) is 0 Å². The molecule has 4 aromatic rings. The lowest BCUT2D eigenvalue weighted by Gasteiger charge is -2.35. The fourth-order valence-corrected chi connectivity index (χ4v) is 5.77. The van der Waals surface area contributed by atoms with Crippen molar-refractivity contribution in [1.82, 2.24) is 13.7 Å². The molecule has 10 heteroatoms. The minimum Gasteiger partial charge on any atom is -0.355 e. The number of pyridine rings is 1. The maximum absolute atomic E-state index is 14.1. The number of halogens is 2. The number of aryl methyl sites for hydroxylation is 1. The molecule has 2 aromatic carbocycles. The monoisotopic (exact) mass is 467 g/mol. The number of hydrogen-bond donors (Lipinski definition) is 0. The third-order valence-corrected chi connectivity index (χ3v) is 7.85. The number of sulfonamides is 1. The Hall–Kier alpha value is -3.55. The van der Waals surface area contributed by atoms with Crippen molar-refractivity contribution in [3.63, 3.8) is 0 Å². The number of nitrogens with zero attached hydrogens (tertiary/aromatic N) is 5. The Morgan fingerprint density at radius 1 is 1.03 bits per heavy atom. The number of fused-ring (bicyclic) bond motifs is 3. The SMILES string of the molecule is Cc1cc(N2CCN(S(=O)(=O)c3cc(F)ccc3F)CC2)n2c(nc3ccccc32)c1C#N. The number of imidazole rings is 1. The van der Waals surface area contributed by atoms with E-state index in [0.717, 1.165) is 34.5 Å². The van der Waals surface area contributed by atoms with Gasteiger partial charge in [-0.1, -0.05) is 12.1 Å². The van der Waals surface area contributed by atoms with E-state index in [0.29, 0.717) is 30.4 Å². The van der Waals surface area contributed by atoms with Crippen molar-refractivity contribution in [1.29, 1.82) is 5.26 Å². The van der Waals surface area contributed by atoms with Crippen LogP contribution in [0.15, 0.2) is 53.4 Å². The first kappa shape index (κ1) is 21.3. The molecule has 5 rings (SSSR count).